The Bertz CT molecular complexity index is 665. The third-order valence-corrected chi connectivity index (χ3v) is 3.80. The second-order valence-electron chi connectivity index (χ2n) is 6.66. The van der Waals surface area contributed by atoms with Crippen molar-refractivity contribution in [2.75, 3.05) is 6.61 Å². The SMILES string of the molecule is CC(C)[C@](C)(C#N)NC(=O)COC(=O)C(C)(C)Oc1ccc(F)cc1. The van der Waals surface area contributed by atoms with E-state index in [1.807, 2.05) is 6.07 Å². The molecule has 0 saturated heterocycles. The Hall–Kier alpha value is -2.62. The summed E-state index contributed by atoms with van der Waals surface area (Å²) in [5.41, 5.74) is -2.42. The lowest BCUT2D eigenvalue weighted by molar-refractivity contribution is -0.162. The zero-order valence-corrected chi connectivity index (χ0v) is 15.1. The molecule has 0 fully saturated rings. The molecule has 0 saturated carbocycles. The molecule has 0 heterocycles. The Balaban J connectivity index is 2.61. The van der Waals surface area contributed by atoms with Crippen LogP contribution in [-0.4, -0.2) is 29.6 Å². The van der Waals surface area contributed by atoms with Crippen LogP contribution in [0.1, 0.15) is 34.6 Å². The predicted molar refractivity (Wildman–Crippen MR) is 89.1 cm³/mol. The monoisotopic (exact) mass is 350 g/mol. The molecule has 0 aromatic heterocycles. The molecule has 1 N–H and O–H groups in total. The molecule has 0 bridgehead atoms. The van der Waals surface area contributed by atoms with E-state index >= 15 is 0 Å². The zero-order chi connectivity index (χ0) is 19.3. The molecular formula is C18H23FN2O4. The summed E-state index contributed by atoms with van der Waals surface area (Å²) in [7, 11) is 0. The molecule has 25 heavy (non-hydrogen) atoms. The Kier molecular flexibility index (Phi) is 6.51. The number of carbonyl (C=O) groups is 2. The number of hydrogen-bond acceptors (Lipinski definition) is 5. The van der Waals surface area contributed by atoms with E-state index in [4.69, 9.17) is 9.47 Å². The summed E-state index contributed by atoms with van der Waals surface area (Å²) in [6, 6.07) is 7.22. The van der Waals surface area contributed by atoms with Crippen molar-refractivity contribution in [2.24, 2.45) is 5.92 Å². The maximum Gasteiger partial charge on any atom is 0.350 e. The molecule has 1 aromatic rings. The summed E-state index contributed by atoms with van der Waals surface area (Å²) in [5, 5.41) is 11.7. The quantitative estimate of drug-likeness (QED) is 0.764. The Labute approximate surface area is 146 Å². The maximum absolute atomic E-state index is 12.9. The number of esters is 1. The zero-order valence-electron chi connectivity index (χ0n) is 15.1. The van der Waals surface area contributed by atoms with Crippen LogP contribution < -0.4 is 10.1 Å². The lowest BCUT2D eigenvalue weighted by atomic mass is 9.90. The second kappa shape index (κ2) is 7.97. The van der Waals surface area contributed by atoms with E-state index in [0.29, 0.717) is 5.75 Å². The fourth-order valence-electron chi connectivity index (χ4n) is 1.77. The molecule has 136 valence electrons. The van der Waals surface area contributed by atoms with Gasteiger partial charge in [0, 0.05) is 0 Å². The molecule has 0 aliphatic heterocycles. The molecule has 0 unspecified atom stereocenters. The summed E-state index contributed by atoms with van der Waals surface area (Å²) < 4.78 is 23.4. The number of nitrogens with one attached hydrogen (secondary N) is 1. The molecular weight excluding hydrogens is 327 g/mol. The molecule has 0 aliphatic rings. The van der Waals surface area contributed by atoms with Crippen molar-refractivity contribution in [3.05, 3.63) is 30.1 Å². The van der Waals surface area contributed by atoms with Gasteiger partial charge in [0.15, 0.2) is 12.2 Å². The smallest absolute Gasteiger partial charge is 0.350 e. The van der Waals surface area contributed by atoms with Gasteiger partial charge in [0.2, 0.25) is 0 Å². The molecule has 1 rings (SSSR count). The van der Waals surface area contributed by atoms with Gasteiger partial charge in [-0.25, -0.2) is 9.18 Å². The summed E-state index contributed by atoms with van der Waals surface area (Å²) in [6.45, 7) is 7.62. The van der Waals surface area contributed by atoms with E-state index < -0.39 is 35.4 Å². The first-order valence-electron chi connectivity index (χ1n) is 7.84. The van der Waals surface area contributed by atoms with E-state index in [0.717, 1.165) is 0 Å². The van der Waals surface area contributed by atoms with Gasteiger partial charge < -0.3 is 14.8 Å². The molecule has 0 aliphatic carbocycles. The number of halogens is 1. The molecule has 1 atom stereocenters. The second-order valence-corrected chi connectivity index (χ2v) is 6.66. The normalized spacial score (nSPS) is 13.5. The molecule has 0 radical (unpaired) electrons. The fourth-order valence-corrected chi connectivity index (χ4v) is 1.77. The largest absolute Gasteiger partial charge is 0.476 e. The highest BCUT2D eigenvalue weighted by atomic mass is 19.1. The van der Waals surface area contributed by atoms with E-state index in [1.165, 1.54) is 38.1 Å². The molecule has 6 nitrogen and oxygen atoms in total. The van der Waals surface area contributed by atoms with Crippen LogP contribution in [-0.2, 0) is 14.3 Å². The number of nitriles is 1. The van der Waals surface area contributed by atoms with Crippen LogP contribution in [0.25, 0.3) is 0 Å². The first-order chi connectivity index (χ1) is 11.5. The van der Waals surface area contributed by atoms with Crippen molar-refractivity contribution >= 4 is 11.9 Å². The highest BCUT2D eigenvalue weighted by molar-refractivity contribution is 5.84. The first kappa shape index (κ1) is 20.4. The van der Waals surface area contributed by atoms with Gasteiger partial charge in [-0.1, -0.05) is 13.8 Å². The summed E-state index contributed by atoms with van der Waals surface area (Å²) in [6.07, 6.45) is 0. The van der Waals surface area contributed by atoms with Gasteiger partial charge in [-0.2, -0.15) is 5.26 Å². The maximum atomic E-state index is 12.9. The van der Waals surface area contributed by atoms with Crippen molar-refractivity contribution in [1.29, 1.82) is 5.26 Å². The average Bonchev–Trinajstić information content (AvgIpc) is 2.54. The number of hydrogen-bond donors (Lipinski definition) is 1. The van der Waals surface area contributed by atoms with E-state index in [9.17, 15) is 19.2 Å². The molecule has 1 aromatic carbocycles. The molecule has 1 amide bonds. The van der Waals surface area contributed by atoms with E-state index in [-0.39, 0.29) is 5.92 Å². The van der Waals surface area contributed by atoms with Crippen molar-refractivity contribution in [1.82, 2.24) is 5.32 Å². The van der Waals surface area contributed by atoms with Crippen LogP contribution in [0.4, 0.5) is 4.39 Å². The van der Waals surface area contributed by atoms with Crippen LogP contribution in [0.15, 0.2) is 24.3 Å². The van der Waals surface area contributed by atoms with Crippen LogP contribution in [0, 0.1) is 23.1 Å². The van der Waals surface area contributed by atoms with E-state index in [1.54, 1.807) is 20.8 Å². The van der Waals surface area contributed by atoms with Crippen LogP contribution in [0.3, 0.4) is 0 Å². The topological polar surface area (TPSA) is 88.4 Å². The lowest BCUT2D eigenvalue weighted by Crippen LogP contribution is -2.50. The van der Waals surface area contributed by atoms with Crippen molar-refractivity contribution in [3.63, 3.8) is 0 Å². The predicted octanol–water partition coefficient (Wildman–Crippen LogP) is 2.58. The number of amides is 1. The van der Waals surface area contributed by atoms with E-state index in [2.05, 4.69) is 5.32 Å². The highest BCUT2D eigenvalue weighted by Crippen LogP contribution is 2.20. The van der Waals surface area contributed by atoms with Gasteiger partial charge in [-0.3, -0.25) is 4.79 Å². The minimum absolute atomic E-state index is 0.115. The van der Waals surface area contributed by atoms with Crippen LogP contribution in [0.2, 0.25) is 0 Å². The fraction of sp³-hybridized carbons (Fsp3) is 0.500. The van der Waals surface area contributed by atoms with Gasteiger partial charge in [-0.15, -0.1) is 0 Å². The summed E-state index contributed by atoms with van der Waals surface area (Å²) >= 11 is 0. The minimum Gasteiger partial charge on any atom is -0.476 e. The standard InChI is InChI=1S/C18H23FN2O4/c1-12(2)18(5,11-20)21-15(22)10-24-16(23)17(3,4)25-14-8-6-13(19)7-9-14/h6-9,12H,10H2,1-5H3,(H,21,22)/t18-/m0/s1. The number of carbonyl (C=O) groups excluding carboxylic acids is 2. The summed E-state index contributed by atoms with van der Waals surface area (Å²) in [4.78, 5) is 24.1. The van der Waals surface area contributed by atoms with Gasteiger partial charge in [0.25, 0.3) is 5.91 Å². The average molecular weight is 350 g/mol. The Morgan fingerprint density at radius 3 is 2.28 bits per heavy atom. The molecule has 7 heteroatoms. The Morgan fingerprint density at radius 2 is 1.80 bits per heavy atom. The number of nitrogens with zero attached hydrogens (tertiary/aromatic N) is 1. The van der Waals surface area contributed by atoms with Gasteiger partial charge in [0.1, 0.15) is 17.1 Å². The third kappa shape index (κ3) is 5.75. The van der Waals surface area contributed by atoms with Gasteiger partial charge in [0.05, 0.1) is 6.07 Å². The lowest BCUT2D eigenvalue weighted by Gasteiger charge is -2.28. The number of ether oxygens (including phenoxy) is 2. The van der Waals surface area contributed by atoms with Gasteiger partial charge >= 0.3 is 5.97 Å². The highest BCUT2D eigenvalue weighted by Gasteiger charge is 2.34. The van der Waals surface area contributed by atoms with Crippen molar-refractivity contribution in [3.8, 4) is 11.8 Å². The Morgan fingerprint density at radius 1 is 1.24 bits per heavy atom. The van der Waals surface area contributed by atoms with Crippen molar-refractivity contribution in [2.45, 2.75) is 45.8 Å². The van der Waals surface area contributed by atoms with Crippen molar-refractivity contribution < 1.29 is 23.5 Å². The summed E-state index contributed by atoms with van der Waals surface area (Å²) in [5.74, 6) is -1.57. The van der Waals surface area contributed by atoms with Crippen LogP contribution >= 0.6 is 0 Å². The number of rotatable bonds is 7. The minimum atomic E-state index is -1.37. The third-order valence-electron chi connectivity index (χ3n) is 3.80. The van der Waals surface area contributed by atoms with Gasteiger partial charge in [-0.05, 0) is 51.0 Å². The first-order valence-corrected chi connectivity index (χ1v) is 7.84. The van der Waals surface area contributed by atoms with Crippen LogP contribution in [0.5, 0.6) is 5.75 Å². The number of benzene rings is 1. The molecule has 0 spiro atoms.